The number of hydrogen-bond acceptors (Lipinski definition) is 4. The number of nitrogens with zero attached hydrogens (tertiary/aromatic N) is 1. The standard InChI is InChI=1S/C20H13BrClF3N2O2S2/c21-16-10-17(30-19(16)22)31(28,29)27-14-3-1-2-12(9-14)18-15-5-4-13(20(23,24)25)8-11(15)6-7-26-18/h1-5,8-10,27H,6-7H2. The minimum absolute atomic E-state index is 0.0508. The minimum atomic E-state index is -4.42. The maximum atomic E-state index is 13.0. The van der Waals surface area contributed by atoms with Gasteiger partial charge in [-0.05, 0) is 58.2 Å². The lowest BCUT2D eigenvalue weighted by atomic mass is 9.91. The van der Waals surface area contributed by atoms with Crippen molar-refractivity contribution in [1.29, 1.82) is 0 Å². The van der Waals surface area contributed by atoms with E-state index < -0.39 is 21.8 Å². The molecule has 1 aliphatic rings. The molecule has 0 fully saturated rings. The summed E-state index contributed by atoms with van der Waals surface area (Å²) in [7, 11) is -3.86. The molecule has 31 heavy (non-hydrogen) atoms. The van der Waals surface area contributed by atoms with E-state index in [9.17, 15) is 21.6 Å². The Morgan fingerprint density at radius 1 is 1.13 bits per heavy atom. The lowest BCUT2D eigenvalue weighted by Gasteiger charge is -2.19. The number of fused-ring (bicyclic) bond motifs is 1. The van der Waals surface area contributed by atoms with E-state index in [1.807, 2.05) is 0 Å². The first-order chi connectivity index (χ1) is 14.5. The van der Waals surface area contributed by atoms with Crippen molar-refractivity contribution in [3.05, 3.63) is 79.6 Å². The summed E-state index contributed by atoms with van der Waals surface area (Å²) in [5.74, 6) is 0. The maximum absolute atomic E-state index is 13.0. The SMILES string of the molecule is O=S(=O)(Nc1cccc(C2=NCCc3cc(C(F)(F)F)ccc32)c1)c1cc(Br)c(Cl)s1. The fourth-order valence-corrected chi connectivity index (χ4v) is 6.57. The number of sulfonamides is 1. The summed E-state index contributed by atoms with van der Waals surface area (Å²) in [6.07, 6.45) is -4.01. The van der Waals surface area contributed by atoms with Crippen molar-refractivity contribution in [1.82, 2.24) is 0 Å². The smallest absolute Gasteiger partial charge is 0.284 e. The molecule has 0 atom stereocenters. The fourth-order valence-electron chi connectivity index (χ4n) is 3.22. The fraction of sp³-hybridized carbons (Fsp3) is 0.150. The van der Waals surface area contributed by atoms with Crippen LogP contribution in [-0.2, 0) is 22.6 Å². The van der Waals surface area contributed by atoms with Gasteiger partial charge in [-0.15, -0.1) is 11.3 Å². The second kappa shape index (κ2) is 8.23. The number of aliphatic imine (C=N–C) groups is 1. The second-order valence-corrected chi connectivity index (χ2v) is 11.1. The predicted molar refractivity (Wildman–Crippen MR) is 120 cm³/mol. The van der Waals surface area contributed by atoms with Crippen LogP contribution >= 0.6 is 38.9 Å². The first-order valence-corrected chi connectivity index (χ1v) is 12.3. The number of anilines is 1. The Balaban J connectivity index is 1.66. The van der Waals surface area contributed by atoms with Crippen LogP contribution in [0.1, 0.15) is 22.3 Å². The summed E-state index contributed by atoms with van der Waals surface area (Å²) in [5, 5.41) is 0. The Labute approximate surface area is 194 Å². The largest absolute Gasteiger partial charge is 0.416 e. The van der Waals surface area contributed by atoms with Gasteiger partial charge in [-0.3, -0.25) is 9.71 Å². The molecule has 162 valence electrons. The molecule has 1 aromatic heterocycles. The number of hydrogen-bond donors (Lipinski definition) is 1. The molecule has 4 nitrogen and oxygen atoms in total. The Morgan fingerprint density at radius 3 is 2.58 bits per heavy atom. The molecule has 0 radical (unpaired) electrons. The van der Waals surface area contributed by atoms with Crippen LogP contribution in [0.5, 0.6) is 0 Å². The highest BCUT2D eigenvalue weighted by molar-refractivity contribution is 9.10. The monoisotopic (exact) mass is 548 g/mol. The Kier molecular flexibility index (Phi) is 5.93. The lowest BCUT2D eigenvalue weighted by Crippen LogP contribution is -2.17. The molecule has 0 aliphatic carbocycles. The third kappa shape index (κ3) is 4.67. The number of thiophene rings is 1. The average molecular weight is 550 g/mol. The molecule has 0 saturated carbocycles. The normalized spacial score (nSPS) is 14.2. The Morgan fingerprint density at radius 2 is 1.90 bits per heavy atom. The van der Waals surface area contributed by atoms with E-state index in [0.717, 1.165) is 23.5 Å². The lowest BCUT2D eigenvalue weighted by molar-refractivity contribution is -0.137. The summed E-state index contributed by atoms with van der Waals surface area (Å²) < 4.78 is 67.8. The summed E-state index contributed by atoms with van der Waals surface area (Å²) in [5.41, 5.74) is 1.90. The van der Waals surface area contributed by atoms with Crippen molar-refractivity contribution in [3.8, 4) is 0 Å². The van der Waals surface area contributed by atoms with Gasteiger partial charge in [-0.2, -0.15) is 13.2 Å². The summed E-state index contributed by atoms with van der Waals surface area (Å²) in [4.78, 5) is 4.48. The van der Waals surface area contributed by atoms with E-state index in [1.165, 1.54) is 12.1 Å². The third-order valence-electron chi connectivity index (χ3n) is 4.61. The maximum Gasteiger partial charge on any atom is 0.416 e. The van der Waals surface area contributed by atoms with Gasteiger partial charge in [0, 0.05) is 27.8 Å². The van der Waals surface area contributed by atoms with Gasteiger partial charge in [0.05, 0.1) is 11.3 Å². The van der Waals surface area contributed by atoms with Gasteiger partial charge in [0.1, 0.15) is 8.55 Å². The van der Waals surface area contributed by atoms with Crippen LogP contribution in [0.25, 0.3) is 0 Å². The van der Waals surface area contributed by atoms with Crippen molar-refractivity contribution in [3.63, 3.8) is 0 Å². The summed E-state index contributed by atoms with van der Waals surface area (Å²) >= 11 is 10.1. The number of alkyl halides is 3. The molecule has 2 heterocycles. The van der Waals surface area contributed by atoms with Gasteiger partial charge >= 0.3 is 6.18 Å². The van der Waals surface area contributed by atoms with Crippen LogP contribution in [-0.4, -0.2) is 20.7 Å². The van der Waals surface area contributed by atoms with Gasteiger partial charge in [0.15, 0.2) is 0 Å². The average Bonchev–Trinajstić information content (AvgIpc) is 3.06. The molecule has 3 aromatic rings. The molecule has 11 heteroatoms. The van der Waals surface area contributed by atoms with Crippen LogP contribution in [0, 0.1) is 0 Å². The zero-order valence-electron chi connectivity index (χ0n) is 15.5. The number of nitrogens with one attached hydrogen (secondary N) is 1. The van der Waals surface area contributed by atoms with Crippen molar-refractivity contribution in [2.45, 2.75) is 16.8 Å². The Bertz CT molecular complexity index is 1280. The van der Waals surface area contributed by atoms with E-state index >= 15 is 0 Å². The first-order valence-electron chi connectivity index (χ1n) is 8.87. The molecule has 2 aromatic carbocycles. The van der Waals surface area contributed by atoms with Gasteiger partial charge in [0.25, 0.3) is 10.0 Å². The highest BCUT2D eigenvalue weighted by atomic mass is 79.9. The van der Waals surface area contributed by atoms with Gasteiger partial charge < -0.3 is 0 Å². The zero-order valence-corrected chi connectivity index (χ0v) is 19.5. The van der Waals surface area contributed by atoms with Crippen LogP contribution in [0.2, 0.25) is 4.34 Å². The molecule has 1 aliphatic heterocycles. The van der Waals surface area contributed by atoms with Crippen molar-refractivity contribution in [2.24, 2.45) is 4.99 Å². The quantitative estimate of drug-likeness (QED) is 0.411. The number of benzene rings is 2. The molecular weight excluding hydrogens is 537 g/mol. The second-order valence-electron chi connectivity index (χ2n) is 6.72. The number of rotatable bonds is 4. The predicted octanol–water partition coefficient (Wildman–Crippen LogP) is 6.38. The molecule has 4 rings (SSSR count). The van der Waals surface area contributed by atoms with E-state index in [4.69, 9.17) is 11.6 Å². The Hall–Kier alpha value is -1.88. The summed E-state index contributed by atoms with van der Waals surface area (Å²) in [6, 6.07) is 11.6. The third-order valence-corrected chi connectivity index (χ3v) is 8.94. The minimum Gasteiger partial charge on any atom is -0.284 e. The molecule has 0 saturated heterocycles. The van der Waals surface area contributed by atoms with E-state index in [-0.39, 0.29) is 4.21 Å². The van der Waals surface area contributed by atoms with Crippen LogP contribution in [0.3, 0.4) is 0 Å². The summed E-state index contributed by atoms with van der Waals surface area (Å²) in [6.45, 7) is 0.349. The molecule has 0 bridgehead atoms. The molecule has 0 unspecified atom stereocenters. The van der Waals surface area contributed by atoms with E-state index in [0.29, 0.717) is 49.9 Å². The van der Waals surface area contributed by atoms with Gasteiger partial charge in [-0.25, -0.2) is 8.42 Å². The molecule has 1 N–H and O–H groups in total. The van der Waals surface area contributed by atoms with Gasteiger partial charge in [-0.1, -0.05) is 29.8 Å². The molecular formula is C20H13BrClF3N2O2S2. The van der Waals surface area contributed by atoms with E-state index in [1.54, 1.807) is 24.3 Å². The highest BCUT2D eigenvalue weighted by Crippen LogP contribution is 2.36. The van der Waals surface area contributed by atoms with Crippen molar-refractivity contribution < 1.29 is 21.6 Å². The van der Waals surface area contributed by atoms with Gasteiger partial charge in [0.2, 0.25) is 0 Å². The van der Waals surface area contributed by atoms with Crippen LogP contribution < -0.4 is 4.72 Å². The highest BCUT2D eigenvalue weighted by Gasteiger charge is 2.31. The van der Waals surface area contributed by atoms with Crippen LogP contribution in [0.4, 0.5) is 18.9 Å². The first kappa shape index (κ1) is 22.3. The van der Waals surface area contributed by atoms with Crippen molar-refractivity contribution in [2.75, 3.05) is 11.3 Å². The number of halogens is 5. The zero-order chi connectivity index (χ0) is 22.4. The molecule has 0 amide bonds. The topological polar surface area (TPSA) is 58.5 Å². The van der Waals surface area contributed by atoms with Crippen LogP contribution in [0.15, 0.2) is 62.2 Å². The van der Waals surface area contributed by atoms with Crippen molar-refractivity contribution >= 4 is 60.3 Å². The molecule has 0 spiro atoms. The van der Waals surface area contributed by atoms with E-state index in [2.05, 4.69) is 25.6 Å².